The number of carbonyl (C=O) groups is 1. The maximum atomic E-state index is 11.0. The van der Waals surface area contributed by atoms with E-state index in [1.54, 1.807) is 23.0 Å². The van der Waals surface area contributed by atoms with E-state index in [0.717, 1.165) is 16.7 Å². The number of rotatable bonds is 4. The van der Waals surface area contributed by atoms with Gasteiger partial charge in [-0.25, -0.2) is 9.78 Å². The number of carboxylic acids is 1. The van der Waals surface area contributed by atoms with Crippen molar-refractivity contribution in [3.05, 3.63) is 40.3 Å². The van der Waals surface area contributed by atoms with E-state index in [2.05, 4.69) is 20.9 Å². The van der Waals surface area contributed by atoms with Gasteiger partial charge in [-0.05, 0) is 22.0 Å². The summed E-state index contributed by atoms with van der Waals surface area (Å²) < 4.78 is 7.74. The maximum absolute atomic E-state index is 11.0. The van der Waals surface area contributed by atoms with Crippen LogP contribution in [-0.2, 0) is 13.0 Å². The average Bonchev–Trinajstić information content (AvgIpc) is 2.85. The Hall–Kier alpha value is -1.56. The van der Waals surface area contributed by atoms with E-state index < -0.39 is 5.97 Å². The van der Waals surface area contributed by atoms with Crippen LogP contribution in [0.3, 0.4) is 0 Å². The molecule has 0 saturated heterocycles. The third-order valence-electron chi connectivity index (χ3n) is 2.34. The summed E-state index contributed by atoms with van der Waals surface area (Å²) in [5, 5.41) is 9.02. The van der Waals surface area contributed by atoms with Crippen LogP contribution < -0.4 is 0 Å². The molecule has 0 unspecified atom stereocenters. The quantitative estimate of drug-likeness (QED) is 0.942. The summed E-state index contributed by atoms with van der Waals surface area (Å²) in [6.45, 7) is 2.28. The Morgan fingerprint density at radius 1 is 1.65 bits per heavy atom. The molecule has 6 heteroatoms. The van der Waals surface area contributed by atoms with E-state index in [4.69, 9.17) is 9.52 Å². The standard InChI is InChI=1S/C11H11BrN2O3/c1-2-8-4-13-10(17-8)6-14-5-7(12)3-9(14)11(15)16/h3-5H,2,6H2,1H3,(H,15,16). The molecular formula is C11H11BrN2O3. The fourth-order valence-corrected chi connectivity index (χ4v) is 1.98. The Morgan fingerprint density at radius 2 is 2.41 bits per heavy atom. The Morgan fingerprint density at radius 3 is 3.00 bits per heavy atom. The number of carboxylic acid groups (broad SMARTS) is 1. The van der Waals surface area contributed by atoms with Crippen molar-refractivity contribution >= 4 is 21.9 Å². The van der Waals surface area contributed by atoms with Crippen LogP contribution in [0.15, 0.2) is 27.3 Å². The minimum atomic E-state index is -0.974. The Labute approximate surface area is 106 Å². The molecule has 90 valence electrons. The Balaban J connectivity index is 2.26. The number of aryl methyl sites for hydroxylation is 1. The Kier molecular flexibility index (Phi) is 3.33. The molecule has 17 heavy (non-hydrogen) atoms. The number of oxazole rings is 1. The number of halogens is 1. The van der Waals surface area contributed by atoms with Gasteiger partial charge in [-0.15, -0.1) is 0 Å². The zero-order chi connectivity index (χ0) is 12.4. The van der Waals surface area contributed by atoms with E-state index in [9.17, 15) is 4.79 Å². The van der Waals surface area contributed by atoms with Crippen LogP contribution in [0.5, 0.6) is 0 Å². The van der Waals surface area contributed by atoms with Crippen molar-refractivity contribution < 1.29 is 14.3 Å². The summed E-state index contributed by atoms with van der Waals surface area (Å²) in [5.41, 5.74) is 0.202. The monoisotopic (exact) mass is 298 g/mol. The first-order chi connectivity index (χ1) is 8.10. The van der Waals surface area contributed by atoms with Crippen LogP contribution in [0, 0.1) is 0 Å². The zero-order valence-corrected chi connectivity index (χ0v) is 10.8. The molecule has 0 saturated carbocycles. The summed E-state index contributed by atoms with van der Waals surface area (Å²) in [7, 11) is 0. The second-order valence-electron chi connectivity index (χ2n) is 3.55. The van der Waals surface area contributed by atoms with Crippen molar-refractivity contribution in [1.29, 1.82) is 0 Å². The highest BCUT2D eigenvalue weighted by molar-refractivity contribution is 9.10. The number of aromatic carboxylic acids is 1. The van der Waals surface area contributed by atoms with Crippen LogP contribution in [0.25, 0.3) is 0 Å². The number of hydrogen-bond acceptors (Lipinski definition) is 3. The van der Waals surface area contributed by atoms with Crippen LogP contribution in [0.1, 0.15) is 29.1 Å². The second-order valence-corrected chi connectivity index (χ2v) is 4.47. The van der Waals surface area contributed by atoms with Crippen molar-refractivity contribution in [2.75, 3.05) is 0 Å². The lowest BCUT2D eigenvalue weighted by Crippen LogP contribution is -2.08. The topological polar surface area (TPSA) is 68.3 Å². The Bertz CT molecular complexity index is 545. The number of nitrogens with zero attached hydrogens (tertiary/aromatic N) is 2. The van der Waals surface area contributed by atoms with Crippen LogP contribution in [0.2, 0.25) is 0 Å². The highest BCUT2D eigenvalue weighted by atomic mass is 79.9. The normalized spacial score (nSPS) is 10.7. The summed E-state index contributed by atoms with van der Waals surface area (Å²) in [5.74, 6) is 0.327. The van der Waals surface area contributed by atoms with E-state index in [1.165, 1.54) is 0 Å². The average molecular weight is 299 g/mol. The molecule has 0 aliphatic carbocycles. The van der Waals surface area contributed by atoms with Crippen molar-refractivity contribution in [2.45, 2.75) is 19.9 Å². The molecular weight excluding hydrogens is 288 g/mol. The zero-order valence-electron chi connectivity index (χ0n) is 9.18. The smallest absolute Gasteiger partial charge is 0.352 e. The lowest BCUT2D eigenvalue weighted by atomic mass is 10.4. The number of hydrogen-bond donors (Lipinski definition) is 1. The van der Waals surface area contributed by atoms with Gasteiger partial charge in [0.05, 0.1) is 12.7 Å². The molecule has 2 rings (SSSR count). The molecule has 0 bridgehead atoms. The van der Waals surface area contributed by atoms with Crippen LogP contribution in [-0.4, -0.2) is 20.6 Å². The first-order valence-corrected chi connectivity index (χ1v) is 5.92. The van der Waals surface area contributed by atoms with E-state index in [0.29, 0.717) is 12.4 Å². The largest absolute Gasteiger partial charge is 0.477 e. The maximum Gasteiger partial charge on any atom is 0.352 e. The molecule has 2 aromatic rings. The summed E-state index contributed by atoms with van der Waals surface area (Å²) in [6.07, 6.45) is 4.13. The van der Waals surface area contributed by atoms with Crippen LogP contribution >= 0.6 is 15.9 Å². The highest BCUT2D eigenvalue weighted by Gasteiger charge is 2.13. The van der Waals surface area contributed by atoms with Crippen molar-refractivity contribution in [1.82, 2.24) is 9.55 Å². The molecule has 0 radical (unpaired) electrons. The first kappa shape index (κ1) is 11.9. The predicted molar refractivity (Wildman–Crippen MR) is 64.1 cm³/mol. The van der Waals surface area contributed by atoms with Crippen molar-refractivity contribution in [3.8, 4) is 0 Å². The molecule has 0 atom stereocenters. The van der Waals surface area contributed by atoms with Gasteiger partial charge in [0.25, 0.3) is 0 Å². The van der Waals surface area contributed by atoms with Crippen molar-refractivity contribution in [2.24, 2.45) is 0 Å². The minimum Gasteiger partial charge on any atom is -0.477 e. The number of aromatic nitrogens is 2. The minimum absolute atomic E-state index is 0.202. The molecule has 1 N–H and O–H groups in total. The molecule has 2 heterocycles. The lowest BCUT2D eigenvalue weighted by molar-refractivity contribution is 0.0685. The van der Waals surface area contributed by atoms with Gasteiger partial charge in [0.1, 0.15) is 11.5 Å². The third-order valence-corrected chi connectivity index (χ3v) is 2.77. The lowest BCUT2D eigenvalue weighted by Gasteiger charge is -2.02. The summed E-state index contributed by atoms with van der Waals surface area (Å²) >= 11 is 3.25. The van der Waals surface area contributed by atoms with E-state index in [1.807, 2.05) is 6.92 Å². The molecule has 0 spiro atoms. The van der Waals surface area contributed by atoms with E-state index >= 15 is 0 Å². The van der Waals surface area contributed by atoms with Gasteiger partial charge >= 0.3 is 5.97 Å². The van der Waals surface area contributed by atoms with Crippen molar-refractivity contribution in [3.63, 3.8) is 0 Å². The molecule has 0 aromatic carbocycles. The molecule has 5 nitrogen and oxygen atoms in total. The van der Waals surface area contributed by atoms with Gasteiger partial charge in [-0.2, -0.15) is 0 Å². The summed E-state index contributed by atoms with van der Waals surface area (Å²) in [6, 6.07) is 1.55. The van der Waals surface area contributed by atoms with Gasteiger partial charge in [0.15, 0.2) is 0 Å². The predicted octanol–water partition coefficient (Wildman–Crippen LogP) is 2.55. The molecule has 0 aliphatic rings. The SMILES string of the molecule is CCc1cnc(Cn2cc(Br)cc2C(=O)O)o1. The van der Waals surface area contributed by atoms with Gasteiger partial charge in [0, 0.05) is 17.1 Å². The first-order valence-electron chi connectivity index (χ1n) is 5.12. The molecule has 2 aromatic heterocycles. The molecule has 0 aliphatic heterocycles. The molecule has 0 fully saturated rings. The van der Waals surface area contributed by atoms with Gasteiger partial charge in [-0.3, -0.25) is 0 Å². The fourth-order valence-electron chi connectivity index (χ4n) is 1.51. The second kappa shape index (κ2) is 4.75. The fraction of sp³-hybridized carbons (Fsp3) is 0.273. The molecule has 0 amide bonds. The third kappa shape index (κ3) is 2.58. The van der Waals surface area contributed by atoms with Gasteiger partial charge in [0.2, 0.25) is 5.89 Å². The van der Waals surface area contributed by atoms with E-state index in [-0.39, 0.29) is 5.69 Å². The van der Waals surface area contributed by atoms with Gasteiger partial charge < -0.3 is 14.1 Å². The van der Waals surface area contributed by atoms with Crippen LogP contribution in [0.4, 0.5) is 0 Å². The van der Waals surface area contributed by atoms with Gasteiger partial charge in [-0.1, -0.05) is 6.92 Å². The highest BCUT2D eigenvalue weighted by Crippen LogP contribution is 2.17. The summed E-state index contributed by atoms with van der Waals surface area (Å²) in [4.78, 5) is 15.1.